The maximum Gasteiger partial charge on any atom is 0.294 e. The Morgan fingerprint density at radius 2 is 1.00 bits per heavy atom. The molecule has 7 nitrogen and oxygen atoms in total. The first-order valence-corrected chi connectivity index (χ1v) is 13.1. The molecule has 0 aromatic heterocycles. The maximum atomic E-state index is 11.3. The van der Waals surface area contributed by atoms with Crippen LogP contribution in [0.4, 0.5) is 0 Å². The van der Waals surface area contributed by atoms with Crippen LogP contribution in [0.1, 0.15) is 97.5 Å². The summed E-state index contributed by atoms with van der Waals surface area (Å²) in [7, 11) is -4.10. The quantitative estimate of drug-likeness (QED) is 0.194. The minimum Gasteiger partial charge on any atom is -0.397 e. The van der Waals surface area contributed by atoms with Crippen LogP contribution in [0.15, 0.2) is 29.2 Å². The highest BCUT2D eigenvalue weighted by atomic mass is 32.2. The molecule has 0 atom stereocenters. The van der Waals surface area contributed by atoms with Crippen LogP contribution in [-0.4, -0.2) is 48.1 Å². The predicted molar refractivity (Wildman–Crippen MR) is 135 cm³/mol. The Labute approximate surface area is 197 Å². The van der Waals surface area contributed by atoms with Gasteiger partial charge in [-0.25, -0.2) is 0 Å². The van der Waals surface area contributed by atoms with Gasteiger partial charge in [0.05, 0.1) is 4.90 Å². The van der Waals surface area contributed by atoms with E-state index >= 15 is 0 Å². The lowest BCUT2D eigenvalue weighted by molar-refractivity contribution is 0.318. The van der Waals surface area contributed by atoms with Gasteiger partial charge in [0.1, 0.15) is 0 Å². The Hall–Kier alpha value is -1.03. The van der Waals surface area contributed by atoms with Crippen LogP contribution in [0.25, 0.3) is 0 Å². The molecule has 0 saturated heterocycles. The van der Waals surface area contributed by atoms with Gasteiger partial charge in [-0.2, -0.15) is 8.42 Å². The van der Waals surface area contributed by atoms with Crippen molar-refractivity contribution >= 4 is 10.1 Å². The molecule has 0 aliphatic rings. The molecule has 0 heterocycles. The van der Waals surface area contributed by atoms with E-state index in [-0.39, 0.29) is 30.9 Å². The average Bonchev–Trinajstić information content (AvgIpc) is 2.71. The van der Waals surface area contributed by atoms with Gasteiger partial charge in [-0.3, -0.25) is 4.55 Å². The summed E-state index contributed by atoms with van der Waals surface area (Å²) >= 11 is 0. The molecule has 32 heavy (non-hydrogen) atoms. The molecular formula is C24H51NO6S. The van der Waals surface area contributed by atoms with E-state index in [9.17, 15) is 13.0 Å². The van der Waals surface area contributed by atoms with E-state index in [1.165, 1.54) is 57.4 Å². The fourth-order valence-electron chi connectivity index (χ4n) is 2.76. The molecule has 0 radical (unpaired) electrons. The summed E-state index contributed by atoms with van der Waals surface area (Å²) in [6.07, 6.45) is 13.3. The van der Waals surface area contributed by atoms with Gasteiger partial charge in [-0.1, -0.05) is 82.9 Å². The first kappa shape index (κ1) is 38.2. The summed E-state index contributed by atoms with van der Waals surface area (Å²) < 4.78 is 31.8. The van der Waals surface area contributed by atoms with Gasteiger partial charge in [0.25, 0.3) is 10.1 Å². The van der Waals surface area contributed by atoms with Gasteiger partial charge < -0.3 is 21.5 Å². The van der Waals surface area contributed by atoms with Crippen molar-refractivity contribution in [2.75, 3.05) is 19.8 Å². The van der Waals surface area contributed by atoms with E-state index in [0.29, 0.717) is 6.42 Å². The molecule has 8 heteroatoms. The van der Waals surface area contributed by atoms with Crippen LogP contribution in [0.5, 0.6) is 0 Å². The molecule has 194 valence electrons. The molecule has 1 aromatic rings. The lowest BCUT2D eigenvalue weighted by atomic mass is 10.0. The highest BCUT2D eigenvalue weighted by Crippen LogP contribution is 2.18. The SMILES string of the molecule is CCCCCCCCCCCCc1ccccc1S(=O)(=O)O.CCO.CCO.CCO.N. The Kier molecular flexibility index (Phi) is 35.8. The molecule has 1 aromatic carbocycles. The number of unbranched alkanes of at least 4 members (excludes halogenated alkanes) is 9. The van der Waals surface area contributed by atoms with E-state index in [4.69, 9.17) is 15.3 Å². The van der Waals surface area contributed by atoms with Crippen LogP contribution in [0, 0.1) is 0 Å². The molecule has 1 rings (SSSR count). The maximum absolute atomic E-state index is 11.3. The summed E-state index contributed by atoms with van der Waals surface area (Å²) in [5.74, 6) is 0. The number of rotatable bonds is 12. The lowest BCUT2D eigenvalue weighted by Crippen LogP contribution is -2.03. The smallest absolute Gasteiger partial charge is 0.294 e. The van der Waals surface area contributed by atoms with Gasteiger partial charge in [-0.05, 0) is 45.2 Å². The Morgan fingerprint density at radius 3 is 1.38 bits per heavy atom. The molecule has 7 N–H and O–H groups in total. The molecule has 0 aliphatic carbocycles. The monoisotopic (exact) mass is 481 g/mol. The number of hydrogen-bond acceptors (Lipinski definition) is 6. The fourth-order valence-corrected chi connectivity index (χ4v) is 3.52. The minimum absolute atomic E-state index is 0. The standard InChI is InChI=1S/C18H30O3S.3C2H6O.H3N/c1-2-3-4-5-6-7-8-9-10-11-14-17-15-12-13-16-18(17)22(19,20)21;3*1-2-3;/h12-13,15-16H,2-11,14H2,1H3,(H,19,20,21);3*3H,2H2,1H3;1H3. The number of aryl methyl sites for hydroxylation is 1. The van der Waals surface area contributed by atoms with E-state index in [0.717, 1.165) is 18.4 Å². The number of benzene rings is 1. The van der Waals surface area contributed by atoms with Crippen molar-refractivity contribution in [3.63, 3.8) is 0 Å². The number of aliphatic hydroxyl groups is 3. The van der Waals surface area contributed by atoms with Crippen molar-refractivity contribution in [1.29, 1.82) is 0 Å². The molecule has 0 amide bonds. The summed E-state index contributed by atoms with van der Waals surface area (Å²) in [4.78, 5) is 0.0610. The Morgan fingerprint density at radius 1 is 0.656 bits per heavy atom. The van der Waals surface area contributed by atoms with Gasteiger partial charge in [-0.15, -0.1) is 0 Å². The molecule has 0 fully saturated rings. The van der Waals surface area contributed by atoms with Crippen LogP contribution in [0.2, 0.25) is 0 Å². The normalized spacial score (nSPS) is 9.75. The average molecular weight is 482 g/mol. The zero-order chi connectivity index (χ0) is 24.4. The summed E-state index contributed by atoms with van der Waals surface area (Å²) in [6.45, 7) is 8.03. The highest BCUT2D eigenvalue weighted by Gasteiger charge is 2.13. The van der Waals surface area contributed by atoms with Crippen LogP contribution in [-0.2, 0) is 16.5 Å². The molecule has 0 aliphatic heterocycles. The van der Waals surface area contributed by atoms with Crippen molar-refractivity contribution in [2.45, 2.75) is 103 Å². The summed E-state index contributed by atoms with van der Waals surface area (Å²) in [5.41, 5.74) is 0.726. The van der Waals surface area contributed by atoms with Crippen LogP contribution in [0.3, 0.4) is 0 Å². The molecule has 0 saturated carbocycles. The topological polar surface area (TPSA) is 150 Å². The van der Waals surface area contributed by atoms with Gasteiger partial charge in [0.2, 0.25) is 0 Å². The van der Waals surface area contributed by atoms with Crippen molar-refractivity contribution in [2.24, 2.45) is 0 Å². The van der Waals surface area contributed by atoms with Crippen molar-refractivity contribution in [1.82, 2.24) is 6.15 Å². The first-order chi connectivity index (χ1) is 14.8. The molecule has 0 bridgehead atoms. The Bertz CT molecular complexity index is 563. The number of aliphatic hydroxyl groups excluding tert-OH is 3. The summed E-state index contributed by atoms with van der Waals surface area (Å²) in [6, 6.07) is 6.73. The Balaban J connectivity index is -0.000000337. The third-order valence-corrected chi connectivity index (χ3v) is 5.00. The van der Waals surface area contributed by atoms with E-state index in [1.807, 2.05) is 6.07 Å². The fraction of sp³-hybridized carbons (Fsp3) is 0.750. The van der Waals surface area contributed by atoms with Crippen LogP contribution >= 0.6 is 0 Å². The van der Waals surface area contributed by atoms with Crippen molar-refractivity contribution < 1.29 is 28.3 Å². The third-order valence-electron chi connectivity index (χ3n) is 4.05. The first-order valence-electron chi connectivity index (χ1n) is 11.7. The van der Waals surface area contributed by atoms with E-state index < -0.39 is 10.1 Å². The molecular weight excluding hydrogens is 430 g/mol. The summed E-state index contributed by atoms with van der Waals surface area (Å²) in [5, 5.41) is 22.7. The zero-order valence-electron chi connectivity index (χ0n) is 20.9. The third kappa shape index (κ3) is 29.0. The van der Waals surface area contributed by atoms with Crippen molar-refractivity contribution in [3.05, 3.63) is 29.8 Å². The number of hydrogen-bond donors (Lipinski definition) is 5. The molecule has 0 unspecified atom stereocenters. The molecule has 0 spiro atoms. The zero-order valence-corrected chi connectivity index (χ0v) is 21.7. The second kappa shape index (κ2) is 30.0. The largest absolute Gasteiger partial charge is 0.397 e. The second-order valence-electron chi connectivity index (χ2n) is 6.96. The predicted octanol–water partition coefficient (Wildman–Crippen LogP) is 5.55. The minimum atomic E-state index is -4.10. The van der Waals surface area contributed by atoms with Gasteiger partial charge in [0, 0.05) is 19.8 Å². The van der Waals surface area contributed by atoms with Crippen LogP contribution < -0.4 is 6.15 Å². The van der Waals surface area contributed by atoms with Gasteiger partial charge >= 0.3 is 0 Å². The van der Waals surface area contributed by atoms with E-state index in [2.05, 4.69) is 6.92 Å². The van der Waals surface area contributed by atoms with E-state index in [1.54, 1.807) is 32.9 Å². The van der Waals surface area contributed by atoms with Crippen molar-refractivity contribution in [3.8, 4) is 0 Å². The lowest BCUT2D eigenvalue weighted by Gasteiger charge is -2.07. The second-order valence-corrected chi connectivity index (χ2v) is 8.35. The van der Waals surface area contributed by atoms with Gasteiger partial charge in [0.15, 0.2) is 0 Å². The highest BCUT2D eigenvalue weighted by molar-refractivity contribution is 7.85.